The summed E-state index contributed by atoms with van der Waals surface area (Å²) in [5.74, 6) is 1.35. The Balaban J connectivity index is 1.62. The van der Waals surface area contributed by atoms with E-state index in [1.807, 2.05) is 12.1 Å². The van der Waals surface area contributed by atoms with Gasteiger partial charge in [-0.1, -0.05) is 32.9 Å². The summed E-state index contributed by atoms with van der Waals surface area (Å²) < 4.78 is 30.0. The van der Waals surface area contributed by atoms with Gasteiger partial charge in [0.25, 0.3) is 0 Å². The number of imidazole rings is 1. The van der Waals surface area contributed by atoms with Crippen molar-refractivity contribution >= 4 is 44.7 Å². The molecule has 3 heterocycles. The smallest absolute Gasteiger partial charge is 0.244 e. The number of thioether (sulfide) groups is 1. The summed E-state index contributed by atoms with van der Waals surface area (Å²) in [7, 11) is -3.63. The molecule has 11 heteroatoms. The summed E-state index contributed by atoms with van der Waals surface area (Å²) in [6.45, 7) is 6.70. The maximum absolute atomic E-state index is 13.3. The number of aromatic nitrogens is 4. The highest BCUT2D eigenvalue weighted by Gasteiger charge is 2.36. The lowest BCUT2D eigenvalue weighted by Gasteiger charge is -2.24. The zero-order chi connectivity index (χ0) is 21.7. The molecule has 1 atom stereocenters. The SMILES string of the molecule is CC(C)(C)c1ccc(S(=O)(=O)N2CSC[C@@H]2Cn2cnc3c(N)nc(N)nc32)cc1. The fraction of sp³-hybridized carbons (Fsp3) is 0.421. The van der Waals surface area contributed by atoms with Crippen LogP contribution in [-0.4, -0.2) is 49.9 Å². The van der Waals surface area contributed by atoms with Gasteiger partial charge in [-0.05, 0) is 23.1 Å². The van der Waals surface area contributed by atoms with Crippen LogP contribution in [0.15, 0.2) is 35.5 Å². The summed E-state index contributed by atoms with van der Waals surface area (Å²) in [6.07, 6.45) is 1.60. The summed E-state index contributed by atoms with van der Waals surface area (Å²) in [5.41, 5.74) is 13.6. The van der Waals surface area contributed by atoms with Crippen LogP contribution in [-0.2, 0) is 22.0 Å². The van der Waals surface area contributed by atoms with Crippen molar-refractivity contribution in [1.29, 1.82) is 0 Å². The van der Waals surface area contributed by atoms with Gasteiger partial charge < -0.3 is 16.0 Å². The van der Waals surface area contributed by atoms with Gasteiger partial charge in [-0.15, -0.1) is 11.8 Å². The zero-order valence-electron chi connectivity index (χ0n) is 17.1. The summed E-state index contributed by atoms with van der Waals surface area (Å²) >= 11 is 1.58. The van der Waals surface area contributed by atoms with Crippen molar-refractivity contribution in [2.45, 2.75) is 43.7 Å². The predicted molar refractivity (Wildman–Crippen MR) is 119 cm³/mol. The Morgan fingerprint density at radius 1 is 1.17 bits per heavy atom. The number of nitrogen functional groups attached to an aromatic ring is 2. The molecule has 0 unspecified atom stereocenters. The van der Waals surface area contributed by atoms with Crippen molar-refractivity contribution in [2.24, 2.45) is 0 Å². The van der Waals surface area contributed by atoms with Crippen molar-refractivity contribution in [1.82, 2.24) is 23.8 Å². The lowest BCUT2D eigenvalue weighted by atomic mass is 9.87. The normalized spacial score (nSPS) is 18.3. The van der Waals surface area contributed by atoms with Crippen molar-refractivity contribution in [2.75, 3.05) is 23.1 Å². The average molecular weight is 448 g/mol. The van der Waals surface area contributed by atoms with Gasteiger partial charge in [-0.2, -0.15) is 14.3 Å². The molecule has 9 nitrogen and oxygen atoms in total. The van der Waals surface area contributed by atoms with Gasteiger partial charge >= 0.3 is 0 Å². The number of rotatable bonds is 4. The third kappa shape index (κ3) is 3.72. The van der Waals surface area contributed by atoms with E-state index in [4.69, 9.17) is 11.5 Å². The number of hydrogen-bond donors (Lipinski definition) is 2. The maximum Gasteiger partial charge on any atom is 0.244 e. The van der Waals surface area contributed by atoms with Crippen LogP contribution in [0.25, 0.3) is 11.2 Å². The molecule has 0 bridgehead atoms. The lowest BCUT2D eigenvalue weighted by Crippen LogP contribution is -2.39. The van der Waals surface area contributed by atoms with Crippen molar-refractivity contribution in [3.05, 3.63) is 36.2 Å². The Hall–Kier alpha value is -2.37. The van der Waals surface area contributed by atoms with E-state index in [2.05, 4.69) is 35.7 Å². The standard InChI is InChI=1S/C19H25N7O2S2/c1-19(2,3)12-4-6-14(7-5-12)30(27,28)26-11-29-9-13(26)8-25-10-22-15-16(20)23-18(21)24-17(15)25/h4-7,10,13H,8-9,11H2,1-3H3,(H4,20,21,23,24)/t13-/m0/s1. The van der Waals surface area contributed by atoms with Gasteiger partial charge in [0.15, 0.2) is 11.5 Å². The number of benzene rings is 1. The lowest BCUT2D eigenvalue weighted by molar-refractivity contribution is 0.365. The Morgan fingerprint density at radius 3 is 2.53 bits per heavy atom. The number of nitrogens with two attached hydrogens (primary N) is 2. The minimum absolute atomic E-state index is 0.0393. The fourth-order valence-corrected chi connectivity index (χ4v) is 6.69. The van der Waals surface area contributed by atoms with Crippen LogP contribution in [0.4, 0.5) is 11.8 Å². The molecule has 160 valence electrons. The monoisotopic (exact) mass is 447 g/mol. The van der Waals surface area contributed by atoms with Crippen LogP contribution >= 0.6 is 11.8 Å². The molecule has 0 aliphatic carbocycles. The second-order valence-electron chi connectivity index (χ2n) is 8.36. The van der Waals surface area contributed by atoms with Gasteiger partial charge in [0.05, 0.1) is 23.1 Å². The van der Waals surface area contributed by atoms with E-state index in [0.717, 1.165) is 5.56 Å². The molecule has 1 aliphatic heterocycles. The molecule has 1 aromatic carbocycles. The Kier molecular flexibility index (Phi) is 5.15. The Labute approximate surface area is 179 Å². The fourth-order valence-electron chi connectivity index (χ4n) is 3.48. The minimum Gasteiger partial charge on any atom is -0.382 e. The third-order valence-electron chi connectivity index (χ3n) is 5.18. The van der Waals surface area contributed by atoms with E-state index in [-0.39, 0.29) is 23.2 Å². The van der Waals surface area contributed by atoms with Gasteiger partial charge in [0.2, 0.25) is 16.0 Å². The predicted octanol–water partition coefficient (Wildman–Crippen LogP) is 2.05. The molecule has 0 spiro atoms. The Bertz CT molecular complexity index is 1180. The van der Waals surface area contributed by atoms with E-state index in [9.17, 15) is 8.42 Å². The van der Waals surface area contributed by atoms with Crippen LogP contribution in [0, 0.1) is 0 Å². The van der Waals surface area contributed by atoms with E-state index < -0.39 is 10.0 Å². The molecule has 3 aromatic rings. The van der Waals surface area contributed by atoms with E-state index >= 15 is 0 Å². The average Bonchev–Trinajstić information content (AvgIpc) is 3.29. The molecule has 0 amide bonds. The zero-order valence-corrected chi connectivity index (χ0v) is 18.7. The topological polar surface area (TPSA) is 133 Å². The molecule has 2 aromatic heterocycles. The second kappa shape index (κ2) is 7.40. The van der Waals surface area contributed by atoms with Gasteiger partial charge in [-0.25, -0.2) is 13.4 Å². The first-order valence-corrected chi connectivity index (χ1v) is 12.1. The van der Waals surface area contributed by atoms with Crippen molar-refractivity contribution < 1.29 is 8.42 Å². The van der Waals surface area contributed by atoms with Crippen LogP contribution in [0.3, 0.4) is 0 Å². The second-order valence-corrected chi connectivity index (χ2v) is 11.2. The first-order valence-electron chi connectivity index (χ1n) is 9.51. The molecule has 1 fully saturated rings. The molecule has 0 radical (unpaired) electrons. The minimum atomic E-state index is -3.63. The highest BCUT2D eigenvalue weighted by atomic mass is 32.2. The van der Waals surface area contributed by atoms with E-state index in [1.54, 1.807) is 39.1 Å². The van der Waals surface area contributed by atoms with E-state index in [1.165, 1.54) is 0 Å². The van der Waals surface area contributed by atoms with Crippen LogP contribution in [0.5, 0.6) is 0 Å². The maximum atomic E-state index is 13.3. The first kappa shape index (κ1) is 20.9. The van der Waals surface area contributed by atoms with Crippen LogP contribution in [0.1, 0.15) is 26.3 Å². The number of anilines is 2. The molecular weight excluding hydrogens is 422 g/mol. The van der Waals surface area contributed by atoms with Crippen LogP contribution < -0.4 is 11.5 Å². The van der Waals surface area contributed by atoms with Gasteiger partial charge in [0.1, 0.15) is 5.52 Å². The summed E-state index contributed by atoms with van der Waals surface area (Å²) in [4.78, 5) is 12.7. The first-order chi connectivity index (χ1) is 14.1. The molecule has 4 N–H and O–H groups in total. The summed E-state index contributed by atoms with van der Waals surface area (Å²) in [5, 5.41) is 0. The highest BCUT2D eigenvalue weighted by molar-refractivity contribution is 8.00. The number of sulfonamides is 1. The van der Waals surface area contributed by atoms with Crippen molar-refractivity contribution in [3.8, 4) is 0 Å². The van der Waals surface area contributed by atoms with Crippen molar-refractivity contribution in [3.63, 3.8) is 0 Å². The number of fused-ring (bicyclic) bond motifs is 1. The molecule has 30 heavy (non-hydrogen) atoms. The number of hydrogen-bond acceptors (Lipinski definition) is 8. The molecular formula is C19H25N7O2S2. The largest absolute Gasteiger partial charge is 0.382 e. The molecule has 1 saturated heterocycles. The third-order valence-corrected chi connectivity index (χ3v) is 8.34. The molecule has 0 saturated carbocycles. The van der Waals surface area contributed by atoms with Crippen LogP contribution in [0.2, 0.25) is 0 Å². The Morgan fingerprint density at radius 2 is 1.87 bits per heavy atom. The molecule has 4 rings (SSSR count). The molecule has 1 aliphatic rings. The summed E-state index contributed by atoms with van der Waals surface area (Å²) in [6, 6.07) is 6.92. The van der Waals surface area contributed by atoms with Gasteiger partial charge in [0, 0.05) is 12.3 Å². The quantitative estimate of drug-likeness (QED) is 0.621. The number of nitrogens with zero attached hydrogens (tertiary/aromatic N) is 5. The highest BCUT2D eigenvalue weighted by Crippen LogP contribution is 2.31. The van der Waals surface area contributed by atoms with Gasteiger partial charge in [-0.3, -0.25) is 0 Å². The van der Waals surface area contributed by atoms with E-state index in [0.29, 0.717) is 34.2 Å².